The molecule has 1 fully saturated rings. The Morgan fingerprint density at radius 2 is 1.80 bits per heavy atom. The average molecular weight is 440 g/mol. The van der Waals surface area contributed by atoms with E-state index in [-0.39, 0.29) is 5.75 Å². The summed E-state index contributed by atoms with van der Waals surface area (Å²) in [5, 5.41) is 0.963. The van der Waals surface area contributed by atoms with E-state index >= 15 is 0 Å². The van der Waals surface area contributed by atoms with Crippen molar-refractivity contribution < 1.29 is 17.9 Å². The molecule has 1 aliphatic carbocycles. The van der Waals surface area contributed by atoms with Gasteiger partial charge in [-0.25, -0.2) is 0 Å². The molecular weight excluding hydrogens is 407 g/mol. The number of aliphatic imine (C=N–C) groups is 1. The van der Waals surface area contributed by atoms with Crippen molar-refractivity contribution in [3.05, 3.63) is 46.5 Å². The maximum atomic E-state index is 12.5. The predicted octanol–water partition coefficient (Wildman–Crippen LogP) is 8.26. The highest BCUT2D eigenvalue weighted by Crippen LogP contribution is 2.38. The highest BCUT2D eigenvalue weighted by atomic mass is 32.2. The fourth-order valence-corrected chi connectivity index (χ4v) is 4.32. The van der Waals surface area contributed by atoms with E-state index in [1.807, 2.05) is 13.2 Å². The van der Waals surface area contributed by atoms with Gasteiger partial charge in [-0.2, -0.15) is 0 Å². The minimum Gasteiger partial charge on any atom is -0.406 e. The molecule has 0 aromatic heterocycles. The van der Waals surface area contributed by atoms with Crippen molar-refractivity contribution in [1.29, 1.82) is 0 Å². The van der Waals surface area contributed by atoms with Gasteiger partial charge in [-0.1, -0.05) is 44.9 Å². The van der Waals surface area contributed by atoms with Crippen molar-refractivity contribution >= 4 is 23.0 Å². The first-order chi connectivity index (χ1) is 14.2. The molecule has 1 aliphatic rings. The van der Waals surface area contributed by atoms with Crippen LogP contribution in [-0.4, -0.2) is 18.3 Å². The molecule has 6 heteroatoms. The summed E-state index contributed by atoms with van der Waals surface area (Å²) in [4.78, 5) is 4.95. The molecule has 1 aromatic rings. The molecule has 0 saturated heterocycles. The lowest BCUT2D eigenvalue weighted by Gasteiger charge is -2.34. The van der Waals surface area contributed by atoms with Gasteiger partial charge in [0.25, 0.3) is 0 Å². The van der Waals surface area contributed by atoms with Crippen LogP contribution >= 0.6 is 11.8 Å². The lowest BCUT2D eigenvalue weighted by molar-refractivity contribution is -0.274. The van der Waals surface area contributed by atoms with Crippen molar-refractivity contribution in [2.75, 3.05) is 6.26 Å². The Labute approximate surface area is 182 Å². The molecular formula is C24H32F3NOS. The van der Waals surface area contributed by atoms with E-state index < -0.39 is 6.36 Å². The summed E-state index contributed by atoms with van der Waals surface area (Å²) in [6.45, 7) is 8.49. The number of alkyl halides is 3. The third kappa shape index (κ3) is 6.93. The van der Waals surface area contributed by atoms with Gasteiger partial charge in [-0.05, 0) is 80.0 Å². The lowest BCUT2D eigenvalue weighted by atomic mass is 9.71. The van der Waals surface area contributed by atoms with Crippen LogP contribution in [0.2, 0.25) is 0 Å². The highest BCUT2D eigenvalue weighted by Gasteiger charge is 2.31. The number of hydrogen-bond acceptors (Lipinski definition) is 3. The van der Waals surface area contributed by atoms with Crippen molar-refractivity contribution in [3.8, 4) is 5.75 Å². The maximum absolute atomic E-state index is 12.5. The van der Waals surface area contributed by atoms with Gasteiger partial charge < -0.3 is 4.74 Å². The number of thioether (sulfide) groups is 1. The molecule has 0 atom stereocenters. The summed E-state index contributed by atoms with van der Waals surface area (Å²) in [5.74, 6) is 1.17. The van der Waals surface area contributed by atoms with Gasteiger partial charge >= 0.3 is 6.36 Å². The molecule has 1 aromatic carbocycles. The topological polar surface area (TPSA) is 21.6 Å². The first-order valence-electron chi connectivity index (χ1n) is 10.5. The largest absolute Gasteiger partial charge is 0.573 e. The molecule has 0 bridgehead atoms. The van der Waals surface area contributed by atoms with E-state index in [0.717, 1.165) is 40.5 Å². The van der Waals surface area contributed by atoms with Crippen molar-refractivity contribution in [2.45, 2.75) is 66.2 Å². The number of allylic oxidation sites excluding steroid dienone is 3. The number of benzene rings is 1. The Morgan fingerprint density at radius 3 is 2.30 bits per heavy atom. The van der Waals surface area contributed by atoms with Crippen LogP contribution in [0.1, 0.15) is 65.4 Å². The number of unbranched alkanes of at least 4 members (excludes halogenated alkanes) is 1. The number of halogens is 3. The number of rotatable bonds is 9. The normalized spacial score (nSPS) is 21.2. The SMILES string of the molecule is CCC/C=C(/C(C)=C(\N=C(/C)C1CC(CC)C1)SC)c1ccc(OC(F)(F)F)cc1. The van der Waals surface area contributed by atoms with Gasteiger partial charge in [-0.3, -0.25) is 4.99 Å². The van der Waals surface area contributed by atoms with Gasteiger partial charge in [0.05, 0.1) is 5.03 Å². The van der Waals surface area contributed by atoms with E-state index in [4.69, 9.17) is 4.99 Å². The first kappa shape index (κ1) is 24.6. The van der Waals surface area contributed by atoms with Gasteiger partial charge in [-0.15, -0.1) is 24.9 Å². The van der Waals surface area contributed by atoms with Gasteiger partial charge in [0, 0.05) is 5.71 Å². The molecule has 2 rings (SSSR count). The molecule has 0 radical (unpaired) electrons. The molecule has 0 spiro atoms. The third-order valence-corrected chi connectivity index (χ3v) is 6.42. The van der Waals surface area contributed by atoms with Crippen LogP contribution in [0.4, 0.5) is 13.2 Å². The van der Waals surface area contributed by atoms with Crippen LogP contribution in [0.15, 0.2) is 45.9 Å². The highest BCUT2D eigenvalue weighted by molar-refractivity contribution is 8.02. The number of nitrogens with zero attached hydrogens (tertiary/aromatic N) is 1. The summed E-state index contributed by atoms with van der Waals surface area (Å²) < 4.78 is 41.4. The zero-order chi connectivity index (χ0) is 22.3. The van der Waals surface area contributed by atoms with E-state index in [9.17, 15) is 13.2 Å². The van der Waals surface area contributed by atoms with Crippen LogP contribution in [0.3, 0.4) is 0 Å². The van der Waals surface area contributed by atoms with Crippen LogP contribution in [0.5, 0.6) is 5.75 Å². The van der Waals surface area contributed by atoms with E-state index in [1.54, 1.807) is 23.9 Å². The van der Waals surface area contributed by atoms with Crippen LogP contribution in [0.25, 0.3) is 5.57 Å². The summed E-state index contributed by atoms with van der Waals surface area (Å²) in [6.07, 6.45) is 5.01. The van der Waals surface area contributed by atoms with Gasteiger partial charge in [0.15, 0.2) is 0 Å². The maximum Gasteiger partial charge on any atom is 0.573 e. The second-order valence-corrected chi connectivity index (χ2v) is 8.60. The summed E-state index contributed by atoms with van der Waals surface area (Å²) in [6, 6.07) is 6.08. The molecule has 2 nitrogen and oxygen atoms in total. The molecule has 0 amide bonds. The Morgan fingerprint density at radius 1 is 1.17 bits per heavy atom. The van der Waals surface area contributed by atoms with Crippen LogP contribution in [0, 0.1) is 11.8 Å². The summed E-state index contributed by atoms with van der Waals surface area (Å²) >= 11 is 1.61. The number of ether oxygens (including phenoxy) is 1. The van der Waals surface area contributed by atoms with Gasteiger partial charge in [0.1, 0.15) is 5.75 Å². The summed E-state index contributed by atoms with van der Waals surface area (Å²) in [7, 11) is 0. The van der Waals surface area contributed by atoms with Crippen LogP contribution < -0.4 is 4.74 Å². The monoisotopic (exact) mass is 439 g/mol. The minimum absolute atomic E-state index is 0.211. The smallest absolute Gasteiger partial charge is 0.406 e. The average Bonchev–Trinajstić information content (AvgIpc) is 2.65. The van der Waals surface area contributed by atoms with Crippen molar-refractivity contribution in [3.63, 3.8) is 0 Å². The second kappa shape index (κ2) is 11.1. The lowest BCUT2D eigenvalue weighted by Crippen LogP contribution is -2.28. The Bertz CT molecular complexity index is 788. The minimum atomic E-state index is -4.69. The van der Waals surface area contributed by atoms with Crippen molar-refractivity contribution in [2.24, 2.45) is 16.8 Å². The quantitative estimate of drug-likeness (QED) is 0.285. The van der Waals surface area contributed by atoms with Gasteiger partial charge in [0.2, 0.25) is 0 Å². The Kier molecular flexibility index (Phi) is 9.08. The third-order valence-electron chi connectivity index (χ3n) is 5.64. The van der Waals surface area contributed by atoms with Crippen LogP contribution in [-0.2, 0) is 0 Å². The molecule has 166 valence electrons. The zero-order valence-corrected chi connectivity index (χ0v) is 19.3. The summed E-state index contributed by atoms with van der Waals surface area (Å²) in [5.41, 5.74) is 4.10. The fourth-order valence-electron chi connectivity index (χ4n) is 3.67. The van der Waals surface area contributed by atoms with E-state index in [2.05, 4.69) is 31.6 Å². The van der Waals surface area contributed by atoms with E-state index in [0.29, 0.717) is 5.92 Å². The second-order valence-electron chi connectivity index (χ2n) is 7.81. The predicted molar refractivity (Wildman–Crippen MR) is 122 cm³/mol. The molecule has 1 saturated carbocycles. The van der Waals surface area contributed by atoms with E-state index in [1.165, 1.54) is 37.1 Å². The van der Waals surface area contributed by atoms with Crippen molar-refractivity contribution in [1.82, 2.24) is 0 Å². The Balaban J connectivity index is 2.32. The Hall–Kier alpha value is -1.69. The molecule has 0 heterocycles. The molecule has 30 heavy (non-hydrogen) atoms. The zero-order valence-electron chi connectivity index (χ0n) is 18.5. The number of hydrogen-bond donors (Lipinski definition) is 0. The molecule has 0 unspecified atom stereocenters. The molecule has 0 aliphatic heterocycles. The fraction of sp³-hybridized carbons (Fsp3) is 0.542. The first-order valence-corrected chi connectivity index (χ1v) is 11.8. The standard InChI is InChI=1S/C24H32F3NOS/c1-6-8-9-22(19-10-12-21(13-11-19)29-24(25,26)27)16(3)23(30-5)28-17(4)20-14-18(7-2)15-20/h9-13,18,20H,6-8,14-15H2,1-5H3/b22-9-,23-16+,28-17+. The molecule has 0 N–H and O–H groups in total.